The maximum Gasteiger partial charge on any atom is 0.251 e. The molecule has 0 bridgehead atoms. The van der Waals surface area contributed by atoms with Gasteiger partial charge in [0, 0.05) is 27.7 Å². The fraction of sp³-hybridized carbons (Fsp3) is 0.348. The van der Waals surface area contributed by atoms with Crippen molar-refractivity contribution in [2.45, 2.75) is 44.7 Å². The van der Waals surface area contributed by atoms with E-state index >= 15 is 0 Å². The monoisotopic (exact) mass is 380 g/mol. The molecule has 0 radical (unpaired) electrons. The second-order valence-electron chi connectivity index (χ2n) is 8.53. The van der Waals surface area contributed by atoms with E-state index in [1.807, 2.05) is 45.0 Å². The van der Waals surface area contributed by atoms with E-state index in [-0.39, 0.29) is 17.5 Å². The Kier molecular flexibility index (Phi) is 4.51. The normalized spacial score (nSPS) is 23.3. The van der Waals surface area contributed by atoms with Crippen molar-refractivity contribution in [3.8, 4) is 0 Å². The van der Waals surface area contributed by atoms with Crippen LogP contribution in [0.1, 0.15) is 60.6 Å². The van der Waals surface area contributed by atoms with Gasteiger partial charge in [0.2, 0.25) is 0 Å². The maximum absolute atomic E-state index is 12.6. The Balaban J connectivity index is 1.67. The molecule has 4 heteroatoms. The highest BCUT2D eigenvalue weighted by atomic mass is 35.5. The lowest BCUT2D eigenvalue weighted by atomic mass is 9.76. The number of carbonyl (C=O) groups is 1. The van der Waals surface area contributed by atoms with Gasteiger partial charge in [-0.1, -0.05) is 35.9 Å². The summed E-state index contributed by atoms with van der Waals surface area (Å²) in [6, 6.07) is 14.3. The van der Waals surface area contributed by atoms with Gasteiger partial charge in [0.1, 0.15) is 0 Å². The van der Waals surface area contributed by atoms with E-state index in [0.29, 0.717) is 11.8 Å². The average molecular weight is 381 g/mol. The number of hydrogen-bond acceptors (Lipinski definition) is 2. The summed E-state index contributed by atoms with van der Waals surface area (Å²) in [4.78, 5) is 12.6. The Morgan fingerprint density at radius 1 is 1.15 bits per heavy atom. The van der Waals surface area contributed by atoms with Crippen molar-refractivity contribution in [3.63, 3.8) is 0 Å². The van der Waals surface area contributed by atoms with E-state index in [1.54, 1.807) is 0 Å². The largest absolute Gasteiger partial charge is 0.378 e. The molecule has 2 aliphatic rings. The fourth-order valence-electron chi connectivity index (χ4n) is 4.15. The SMILES string of the molecule is CC(C)(C)NC(=O)c1ccc2c(c1)C1C=CCC1C(c1ccc(Cl)cc1)N2. The van der Waals surface area contributed by atoms with Crippen LogP contribution in [0.4, 0.5) is 5.69 Å². The standard InChI is InChI=1S/C23H25ClN2O/c1-23(2,3)26-22(27)15-9-12-20-19(13-15)17-5-4-6-18(17)21(25-20)14-7-10-16(24)11-8-14/h4-5,7-13,17-18,21,25H,6H2,1-3H3,(H,26,27). The molecule has 0 fully saturated rings. The third kappa shape index (κ3) is 3.61. The molecular weight excluding hydrogens is 356 g/mol. The Morgan fingerprint density at radius 3 is 2.59 bits per heavy atom. The van der Waals surface area contributed by atoms with Crippen LogP contribution in [0, 0.1) is 5.92 Å². The Hall–Kier alpha value is -2.26. The molecule has 4 rings (SSSR count). The van der Waals surface area contributed by atoms with Gasteiger partial charge in [-0.2, -0.15) is 0 Å². The van der Waals surface area contributed by atoms with E-state index < -0.39 is 0 Å². The summed E-state index contributed by atoms with van der Waals surface area (Å²) in [5, 5.41) is 7.51. The molecule has 0 spiro atoms. The summed E-state index contributed by atoms with van der Waals surface area (Å²) in [7, 11) is 0. The Morgan fingerprint density at radius 2 is 1.89 bits per heavy atom. The van der Waals surface area contributed by atoms with Crippen molar-refractivity contribution >= 4 is 23.2 Å². The third-order valence-electron chi connectivity index (χ3n) is 5.34. The van der Waals surface area contributed by atoms with Gasteiger partial charge in [0.25, 0.3) is 5.91 Å². The van der Waals surface area contributed by atoms with Crippen LogP contribution in [0.15, 0.2) is 54.6 Å². The molecule has 2 N–H and O–H groups in total. The van der Waals surface area contributed by atoms with Crippen LogP contribution < -0.4 is 10.6 Å². The van der Waals surface area contributed by atoms with E-state index in [2.05, 4.69) is 41.0 Å². The third-order valence-corrected chi connectivity index (χ3v) is 5.59. The van der Waals surface area contributed by atoms with Crippen LogP contribution >= 0.6 is 11.6 Å². The molecule has 1 aliphatic carbocycles. The topological polar surface area (TPSA) is 41.1 Å². The first-order valence-corrected chi connectivity index (χ1v) is 9.85. The number of amides is 1. The maximum atomic E-state index is 12.6. The lowest BCUT2D eigenvalue weighted by molar-refractivity contribution is 0.0919. The highest BCUT2D eigenvalue weighted by Crippen LogP contribution is 2.50. The van der Waals surface area contributed by atoms with Crippen molar-refractivity contribution in [2.75, 3.05) is 5.32 Å². The molecule has 1 aliphatic heterocycles. The van der Waals surface area contributed by atoms with Crippen molar-refractivity contribution in [2.24, 2.45) is 5.92 Å². The van der Waals surface area contributed by atoms with Crippen molar-refractivity contribution < 1.29 is 4.79 Å². The van der Waals surface area contributed by atoms with E-state index in [9.17, 15) is 4.79 Å². The second-order valence-corrected chi connectivity index (χ2v) is 8.97. The molecule has 0 aromatic heterocycles. The molecule has 3 unspecified atom stereocenters. The molecule has 3 nitrogen and oxygen atoms in total. The number of hydrogen-bond donors (Lipinski definition) is 2. The van der Waals surface area contributed by atoms with Gasteiger partial charge in [-0.15, -0.1) is 0 Å². The lowest BCUT2D eigenvalue weighted by Crippen LogP contribution is -2.40. The average Bonchev–Trinajstić information content (AvgIpc) is 3.10. The van der Waals surface area contributed by atoms with Gasteiger partial charge in [-0.3, -0.25) is 4.79 Å². The van der Waals surface area contributed by atoms with E-state index in [1.165, 1.54) is 11.1 Å². The molecule has 0 saturated carbocycles. The minimum absolute atomic E-state index is 0.0244. The van der Waals surface area contributed by atoms with Crippen molar-refractivity contribution in [3.05, 3.63) is 76.3 Å². The number of benzene rings is 2. The van der Waals surface area contributed by atoms with Gasteiger partial charge in [0.05, 0.1) is 6.04 Å². The first-order valence-electron chi connectivity index (χ1n) is 9.47. The molecule has 1 amide bonds. The summed E-state index contributed by atoms with van der Waals surface area (Å²) >= 11 is 6.07. The molecular formula is C23H25ClN2O. The Bertz CT molecular complexity index is 896. The number of rotatable bonds is 2. The van der Waals surface area contributed by atoms with Crippen LogP contribution in [0.3, 0.4) is 0 Å². The molecule has 140 valence electrons. The number of allylic oxidation sites excluding steroid dienone is 2. The zero-order chi connectivity index (χ0) is 19.2. The molecule has 2 aromatic carbocycles. The number of anilines is 1. The minimum Gasteiger partial charge on any atom is -0.378 e. The highest BCUT2D eigenvalue weighted by molar-refractivity contribution is 6.30. The van der Waals surface area contributed by atoms with Crippen LogP contribution in [0.25, 0.3) is 0 Å². The van der Waals surface area contributed by atoms with Crippen LogP contribution in [-0.2, 0) is 0 Å². The van der Waals surface area contributed by atoms with Crippen LogP contribution in [0.2, 0.25) is 5.02 Å². The summed E-state index contributed by atoms with van der Waals surface area (Å²) in [5.74, 6) is 0.743. The smallest absolute Gasteiger partial charge is 0.251 e. The van der Waals surface area contributed by atoms with Gasteiger partial charge in [-0.05, 0) is 74.6 Å². The zero-order valence-electron chi connectivity index (χ0n) is 15.9. The number of fused-ring (bicyclic) bond motifs is 3. The molecule has 2 aromatic rings. The predicted molar refractivity (Wildman–Crippen MR) is 111 cm³/mol. The summed E-state index contributed by atoms with van der Waals surface area (Å²) in [6.07, 6.45) is 5.58. The number of halogens is 1. The van der Waals surface area contributed by atoms with E-state index in [4.69, 9.17) is 11.6 Å². The summed E-state index contributed by atoms with van der Waals surface area (Å²) in [6.45, 7) is 5.99. The number of nitrogens with one attached hydrogen (secondary N) is 2. The molecule has 0 saturated heterocycles. The summed E-state index contributed by atoms with van der Waals surface area (Å²) < 4.78 is 0. The first-order chi connectivity index (χ1) is 12.8. The zero-order valence-corrected chi connectivity index (χ0v) is 16.7. The molecule has 1 heterocycles. The quantitative estimate of drug-likeness (QED) is 0.656. The van der Waals surface area contributed by atoms with Crippen LogP contribution in [0.5, 0.6) is 0 Å². The van der Waals surface area contributed by atoms with Crippen molar-refractivity contribution in [1.82, 2.24) is 5.32 Å². The molecule has 27 heavy (non-hydrogen) atoms. The second kappa shape index (κ2) is 6.72. The van der Waals surface area contributed by atoms with Gasteiger partial charge in [-0.25, -0.2) is 0 Å². The molecule has 3 atom stereocenters. The van der Waals surface area contributed by atoms with Gasteiger partial charge >= 0.3 is 0 Å². The van der Waals surface area contributed by atoms with Crippen molar-refractivity contribution in [1.29, 1.82) is 0 Å². The summed E-state index contributed by atoms with van der Waals surface area (Å²) in [5.41, 5.74) is 4.03. The lowest BCUT2D eigenvalue weighted by Gasteiger charge is -2.37. The predicted octanol–water partition coefficient (Wildman–Crippen LogP) is 5.69. The first kappa shape index (κ1) is 18.1. The van der Waals surface area contributed by atoms with Crippen LogP contribution in [-0.4, -0.2) is 11.4 Å². The fourth-order valence-corrected chi connectivity index (χ4v) is 4.27. The minimum atomic E-state index is -0.249. The Labute approximate surface area is 165 Å². The van der Waals surface area contributed by atoms with Gasteiger partial charge < -0.3 is 10.6 Å². The highest BCUT2D eigenvalue weighted by Gasteiger charge is 2.38. The number of carbonyl (C=O) groups excluding carboxylic acids is 1. The van der Waals surface area contributed by atoms with E-state index in [0.717, 1.165) is 22.7 Å². The van der Waals surface area contributed by atoms with Gasteiger partial charge in [0.15, 0.2) is 0 Å².